The van der Waals surface area contributed by atoms with Gasteiger partial charge in [0.1, 0.15) is 11.8 Å². The van der Waals surface area contributed by atoms with E-state index < -0.39 is 29.9 Å². The molecule has 0 spiro atoms. The number of rotatable bonds is 4. The average Bonchev–Trinajstić information content (AvgIpc) is 3.42. The van der Waals surface area contributed by atoms with Crippen LogP contribution in [0.5, 0.6) is 0 Å². The number of nitrogens with one attached hydrogen (secondary N) is 1. The fourth-order valence-electron chi connectivity index (χ4n) is 3.43. The number of hydrogen-bond acceptors (Lipinski definition) is 5. The zero-order valence-corrected chi connectivity index (χ0v) is 15.7. The van der Waals surface area contributed by atoms with Gasteiger partial charge in [-0.05, 0) is 36.8 Å². The molecule has 0 saturated heterocycles. The highest BCUT2D eigenvalue weighted by Crippen LogP contribution is 2.57. The van der Waals surface area contributed by atoms with Gasteiger partial charge >= 0.3 is 0 Å². The lowest BCUT2D eigenvalue weighted by atomic mass is 9.84. The average molecular weight is 427 g/mol. The molecule has 1 aliphatic carbocycles. The molecule has 0 bridgehead atoms. The molecule has 1 fully saturated rings. The molecule has 10 heteroatoms. The van der Waals surface area contributed by atoms with Crippen molar-refractivity contribution >= 4 is 40.8 Å². The van der Waals surface area contributed by atoms with Gasteiger partial charge in [0, 0.05) is 33.4 Å². The van der Waals surface area contributed by atoms with Gasteiger partial charge in [-0.2, -0.15) is 0 Å². The van der Waals surface area contributed by atoms with Crippen molar-refractivity contribution in [2.75, 3.05) is 5.32 Å². The molecule has 3 atom stereocenters. The summed E-state index contributed by atoms with van der Waals surface area (Å²) >= 11 is 12.1. The Bertz CT molecular complexity index is 988. The molecule has 2 heterocycles. The maximum absolute atomic E-state index is 14.2. The van der Waals surface area contributed by atoms with E-state index >= 15 is 0 Å². The third-order valence-electron chi connectivity index (χ3n) is 4.81. The minimum Gasteiger partial charge on any atom is -0.462 e. The summed E-state index contributed by atoms with van der Waals surface area (Å²) in [5.74, 6) is -1.08. The van der Waals surface area contributed by atoms with Crippen molar-refractivity contribution in [2.24, 2.45) is 16.6 Å². The van der Waals surface area contributed by atoms with Crippen molar-refractivity contribution in [3.8, 4) is 0 Å². The predicted molar refractivity (Wildman–Crippen MR) is 101 cm³/mol. The molecule has 2 aliphatic rings. The van der Waals surface area contributed by atoms with Crippen molar-refractivity contribution < 1.29 is 18.3 Å². The molecule has 0 unspecified atom stereocenters. The fraction of sp³-hybridized carbons (Fsp3) is 0.278. The van der Waals surface area contributed by atoms with Gasteiger partial charge in [-0.3, -0.25) is 9.78 Å². The van der Waals surface area contributed by atoms with Crippen molar-refractivity contribution in [1.82, 2.24) is 4.98 Å². The van der Waals surface area contributed by atoms with Gasteiger partial charge in [-0.25, -0.2) is 13.8 Å². The summed E-state index contributed by atoms with van der Waals surface area (Å²) in [5.41, 5.74) is 4.14. The summed E-state index contributed by atoms with van der Waals surface area (Å²) in [6.45, 7) is 0. The summed E-state index contributed by atoms with van der Waals surface area (Å²) in [6.07, 6.45) is -1.49. The van der Waals surface area contributed by atoms with E-state index in [9.17, 15) is 13.6 Å². The Hall–Kier alpha value is -2.45. The second-order valence-electron chi connectivity index (χ2n) is 6.58. The Balaban J connectivity index is 1.71. The second-order valence-corrected chi connectivity index (χ2v) is 7.43. The first-order chi connectivity index (χ1) is 13.3. The number of pyridine rings is 1. The van der Waals surface area contributed by atoms with Gasteiger partial charge < -0.3 is 15.8 Å². The van der Waals surface area contributed by atoms with Gasteiger partial charge in [-0.15, -0.1) is 0 Å². The van der Waals surface area contributed by atoms with Crippen molar-refractivity contribution in [2.45, 2.75) is 24.5 Å². The Morgan fingerprint density at radius 3 is 2.82 bits per heavy atom. The van der Waals surface area contributed by atoms with Gasteiger partial charge in [0.05, 0.1) is 0 Å². The number of carbonyl (C=O) groups is 1. The van der Waals surface area contributed by atoms with E-state index in [4.69, 9.17) is 33.7 Å². The number of nitrogens with zero attached hydrogens (tertiary/aromatic N) is 2. The smallest absolute Gasteiger partial charge is 0.283 e. The standard InChI is InChI=1S/C18H14Cl2F2N4O2/c19-8-3-4-24-13(5-8)15(27)25-9-1-2-12(20)10(6-9)18(16(21)22)11-7-14(11)28-17(23)26-18/h1-6,11,14,16H,7H2,(H2,23,26)(H,25,27)/t11-,14+,18+/m0/s1. The summed E-state index contributed by atoms with van der Waals surface area (Å²) in [7, 11) is 0. The number of aliphatic imine (C=N–C) groups is 1. The van der Waals surface area contributed by atoms with E-state index in [1.54, 1.807) is 0 Å². The number of amidine groups is 1. The first kappa shape index (κ1) is 18.9. The molecule has 1 aromatic heterocycles. The van der Waals surface area contributed by atoms with Crippen LogP contribution in [0.25, 0.3) is 0 Å². The summed E-state index contributed by atoms with van der Waals surface area (Å²) in [4.78, 5) is 20.3. The highest BCUT2D eigenvalue weighted by atomic mass is 35.5. The number of aromatic nitrogens is 1. The molecular formula is C18H14Cl2F2N4O2. The molecular weight excluding hydrogens is 413 g/mol. The zero-order valence-electron chi connectivity index (χ0n) is 14.2. The van der Waals surface area contributed by atoms with E-state index in [1.165, 1.54) is 36.5 Å². The number of hydrogen-bond donors (Lipinski definition) is 2. The topological polar surface area (TPSA) is 89.6 Å². The number of benzene rings is 1. The fourth-order valence-corrected chi connectivity index (χ4v) is 3.86. The number of alkyl halides is 2. The van der Waals surface area contributed by atoms with Crippen molar-refractivity contribution in [3.63, 3.8) is 0 Å². The Morgan fingerprint density at radius 1 is 1.32 bits per heavy atom. The minimum atomic E-state index is -2.86. The number of anilines is 1. The molecule has 28 heavy (non-hydrogen) atoms. The summed E-state index contributed by atoms with van der Waals surface area (Å²) in [5, 5.41) is 3.06. The molecule has 146 valence electrons. The number of fused-ring (bicyclic) bond motifs is 1. The van der Waals surface area contributed by atoms with Crippen LogP contribution in [0.1, 0.15) is 22.5 Å². The molecule has 1 aliphatic heterocycles. The van der Waals surface area contributed by atoms with Crippen molar-refractivity contribution in [1.29, 1.82) is 0 Å². The SMILES string of the molecule is NC1=N[C@@](c2cc(NC(=O)c3cc(Cl)ccn3)ccc2Cl)(C(F)F)[C@H]2C[C@H]2O1. The van der Waals surface area contributed by atoms with Crippen LogP contribution in [0, 0.1) is 5.92 Å². The van der Waals surface area contributed by atoms with Crippen LogP contribution in [0.3, 0.4) is 0 Å². The van der Waals surface area contributed by atoms with E-state index in [-0.39, 0.29) is 28.0 Å². The summed E-state index contributed by atoms with van der Waals surface area (Å²) in [6, 6.07) is 6.95. The molecule has 4 rings (SSSR count). The number of halogens is 4. The third-order valence-corrected chi connectivity index (χ3v) is 5.37. The van der Waals surface area contributed by atoms with Gasteiger partial charge in [0.2, 0.25) is 0 Å². The van der Waals surface area contributed by atoms with Crippen LogP contribution < -0.4 is 11.1 Å². The Morgan fingerprint density at radius 2 is 2.11 bits per heavy atom. The minimum absolute atomic E-state index is 0.0831. The molecule has 3 N–H and O–H groups in total. The highest BCUT2D eigenvalue weighted by molar-refractivity contribution is 6.31. The highest BCUT2D eigenvalue weighted by Gasteiger charge is 2.64. The lowest BCUT2D eigenvalue weighted by Gasteiger charge is -2.33. The maximum Gasteiger partial charge on any atom is 0.283 e. The van der Waals surface area contributed by atoms with Crippen LogP contribution in [-0.2, 0) is 10.3 Å². The quantitative estimate of drug-likeness (QED) is 0.776. The molecule has 0 radical (unpaired) electrons. The Labute approximate surface area is 168 Å². The van der Waals surface area contributed by atoms with Crippen LogP contribution in [0.15, 0.2) is 41.5 Å². The van der Waals surface area contributed by atoms with Crippen LogP contribution in [0.2, 0.25) is 10.0 Å². The van der Waals surface area contributed by atoms with Gasteiger partial charge in [0.25, 0.3) is 18.4 Å². The van der Waals surface area contributed by atoms with E-state index in [1.807, 2.05) is 0 Å². The van der Waals surface area contributed by atoms with Gasteiger partial charge in [0.15, 0.2) is 5.54 Å². The van der Waals surface area contributed by atoms with E-state index in [0.29, 0.717) is 11.4 Å². The number of carbonyl (C=O) groups excluding carboxylic acids is 1. The van der Waals surface area contributed by atoms with E-state index in [2.05, 4.69) is 15.3 Å². The molecule has 1 aromatic carbocycles. The maximum atomic E-state index is 14.2. The third kappa shape index (κ3) is 3.16. The predicted octanol–water partition coefficient (Wildman–Crippen LogP) is 3.83. The normalized spacial score (nSPS) is 25.5. The largest absolute Gasteiger partial charge is 0.462 e. The molecule has 1 amide bonds. The number of ether oxygens (including phenoxy) is 1. The monoisotopic (exact) mass is 426 g/mol. The lowest BCUT2D eigenvalue weighted by Crippen LogP contribution is -2.43. The number of nitrogens with two attached hydrogens (primary N) is 1. The Kier molecular flexibility index (Phi) is 4.63. The van der Waals surface area contributed by atoms with E-state index in [0.717, 1.165) is 0 Å². The lowest BCUT2D eigenvalue weighted by molar-refractivity contribution is 0.0197. The van der Waals surface area contributed by atoms with Crippen molar-refractivity contribution in [3.05, 3.63) is 57.8 Å². The second kappa shape index (κ2) is 6.86. The molecule has 6 nitrogen and oxygen atoms in total. The van der Waals surface area contributed by atoms with Gasteiger partial charge in [-0.1, -0.05) is 23.2 Å². The molecule has 1 saturated carbocycles. The molecule has 2 aromatic rings. The van der Waals surface area contributed by atoms with Crippen LogP contribution in [0.4, 0.5) is 14.5 Å². The summed E-state index contributed by atoms with van der Waals surface area (Å²) < 4.78 is 33.7. The number of amides is 1. The first-order valence-corrected chi connectivity index (χ1v) is 9.10. The van der Waals surface area contributed by atoms with Crippen LogP contribution >= 0.6 is 23.2 Å². The first-order valence-electron chi connectivity index (χ1n) is 8.34. The van der Waals surface area contributed by atoms with Crippen LogP contribution in [-0.4, -0.2) is 29.4 Å². The zero-order chi connectivity index (χ0) is 20.1.